The fourth-order valence-electron chi connectivity index (χ4n) is 2.31. The van der Waals surface area contributed by atoms with E-state index in [1.54, 1.807) is 0 Å². The van der Waals surface area contributed by atoms with Crippen molar-refractivity contribution >= 4 is 16.7 Å². The Morgan fingerprint density at radius 2 is 1.90 bits per heavy atom. The van der Waals surface area contributed by atoms with Gasteiger partial charge >= 0.3 is 0 Å². The second-order valence-corrected chi connectivity index (χ2v) is 5.51. The maximum absolute atomic E-state index is 5.99. The first-order chi connectivity index (χ1) is 9.56. The van der Waals surface area contributed by atoms with E-state index >= 15 is 0 Å². The molecule has 3 rings (SSSR count). The standard InChI is InChI=1S/C17H18N2O/c1-10(2)12-6-7-16-14(8-12)17(19-20-16)13-5-4-11(3)15(18)9-13/h4-10H,18H2,1-3H3. The van der Waals surface area contributed by atoms with E-state index < -0.39 is 0 Å². The van der Waals surface area contributed by atoms with Crippen LogP contribution in [0.15, 0.2) is 40.9 Å². The van der Waals surface area contributed by atoms with Crippen LogP contribution in [-0.4, -0.2) is 5.16 Å². The molecule has 0 saturated carbocycles. The number of nitrogen functional groups attached to an aromatic ring is 1. The number of anilines is 1. The van der Waals surface area contributed by atoms with E-state index in [0.29, 0.717) is 5.92 Å². The normalized spacial score (nSPS) is 11.4. The Labute approximate surface area is 118 Å². The van der Waals surface area contributed by atoms with Crippen LogP contribution < -0.4 is 5.73 Å². The van der Waals surface area contributed by atoms with Crippen molar-refractivity contribution in [2.24, 2.45) is 0 Å². The molecular weight excluding hydrogens is 248 g/mol. The number of aromatic nitrogens is 1. The zero-order chi connectivity index (χ0) is 14.3. The van der Waals surface area contributed by atoms with E-state index in [-0.39, 0.29) is 0 Å². The minimum Gasteiger partial charge on any atom is -0.398 e. The molecule has 0 saturated heterocycles. The van der Waals surface area contributed by atoms with Crippen LogP contribution in [0.2, 0.25) is 0 Å². The summed E-state index contributed by atoms with van der Waals surface area (Å²) >= 11 is 0. The van der Waals surface area contributed by atoms with Gasteiger partial charge < -0.3 is 10.3 Å². The zero-order valence-electron chi connectivity index (χ0n) is 12.0. The third-order valence-electron chi connectivity index (χ3n) is 3.71. The number of fused-ring (bicyclic) bond motifs is 1. The molecule has 0 amide bonds. The minimum atomic E-state index is 0.477. The number of nitrogens with two attached hydrogens (primary N) is 1. The van der Waals surface area contributed by atoms with Crippen LogP contribution in [0.5, 0.6) is 0 Å². The summed E-state index contributed by atoms with van der Waals surface area (Å²) in [6, 6.07) is 12.2. The fourth-order valence-corrected chi connectivity index (χ4v) is 2.31. The Balaban J connectivity index is 2.20. The Bertz CT molecular complexity index is 772. The highest BCUT2D eigenvalue weighted by Crippen LogP contribution is 2.31. The van der Waals surface area contributed by atoms with Crippen molar-refractivity contribution in [3.8, 4) is 11.3 Å². The van der Waals surface area contributed by atoms with Gasteiger partial charge in [-0.25, -0.2) is 0 Å². The van der Waals surface area contributed by atoms with Crippen molar-refractivity contribution in [1.29, 1.82) is 0 Å². The lowest BCUT2D eigenvalue weighted by Gasteiger charge is -2.05. The summed E-state index contributed by atoms with van der Waals surface area (Å²) in [4.78, 5) is 0. The first-order valence-electron chi connectivity index (χ1n) is 6.82. The van der Waals surface area contributed by atoms with Crippen molar-refractivity contribution in [3.63, 3.8) is 0 Å². The fraction of sp³-hybridized carbons (Fsp3) is 0.235. The number of hydrogen-bond acceptors (Lipinski definition) is 3. The van der Waals surface area contributed by atoms with Crippen LogP contribution in [-0.2, 0) is 0 Å². The van der Waals surface area contributed by atoms with Crippen LogP contribution in [0, 0.1) is 6.92 Å². The van der Waals surface area contributed by atoms with Gasteiger partial charge in [0.25, 0.3) is 0 Å². The maximum atomic E-state index is 5.99. The molecule has 0 atom stereocenters. The number of benzene rings is 2. The number of aryl methyl sites for hydroxylation is 1. The Morgan fingerprint density at radius 1 is 1.10 bits per heavy atom. The molecule has 20 heavy (non-hydrogen) atoms. The Hall–Kier alpha value is -2.29. The number of rotatable bonds is 2. The monoisotopic (exact) mass is 266 g/mol. The van der Waals surface area contributed by atoms with Crippen LogP contribution in [0.25, 0.3) is 22.2 Å². The van der Waals surface area contributed by atoms with Crippen LogP contribution in [0.3, 0.4) is 0 Å². The lowest BCUT2D eigenvalue weighted by Crippen LogP contribution is -1.90. The molecule has 2 aromatic carbocycles. The van der Waals surface area contributed by atoms with E-state index in [2.05, 4.69) is 31.1 Å². The van der Waals surface area contributed by atoms with Gasteiger partial charge in [-0.3, -0.25) is 0 Å². The molecule has 0 unspecified atom stereocenters. The highest BCUT2D eigenvalue weighted by Gasteiger charge is 2.12. The molecule has 0 fully saturated rings. The maximum Gasteiger partial charge on any atom is 0.167 e. The number of hydrogen-bond donors (Lipinski definition) is 1. The van der Waals surface area contributed by atoms with E-state index in [4.69, 9.17) is 10.3 Å². The molecule has 0 spiro atoms. The van der Waals surface area contributed by atoms with Gasteiger partial charge in [0, 0.05) is 16.6 Å². The van der Waals surface area contributed by atoms with E-state index in [1.807, 2.05) is 31.2 Å². The van der Waals surface area contributed by atoms with Crippen molar-refractivity contribution < 1.29 is 4.52 Å². The van der Waals surface area contributed by atoms with Crippen LogP contribution >= 0.6 is 0 Å². The number of nitrogens with zero attached hydrogens (tertiary/aromatic N) is 1. The minimum absolute atomic E-state index is 0.477. The first kappa shape index (κ1) is 12.7. The van der Waals surface area contributed by atoms with E-state index in [1.165, 1.54) is 5.56 Å². The first-order valence-corrected chi connectivity index (χ1v) is 6.82. The summed E-state index contributed by atoms with van der Waals surface area (Å²) in [6.45, 7) is 6.35. The summed E-state index contributed by atoms with van der Waals surface area (Å²) in [7, 11) is 0. The Morgan fingerprint density at radius 3 is 2.60 bits per heavy atom. The predicted octanol–water partition coefficient (Wildman–Crippen LogP) is 4.51. The lowest BCUT2D eigenvalue weighted by molar-refractivity contribution is 0.459. The second kappa shape index (κ2) is 4.67. The second-order valence-electron chi connectivity index (χ2n) is 5.51. The van der Waals surface area contributed by atoms with Crippen LogP contribution in [0.1, 0.15) is 30.9 Å². The molecule has 0 aliphatic carbocycles. The molecule has 2 N–H and O–H groups in total. The third-order valence-corrected chi connectivity index (χ3v) is 3.71. The molecular formula is C17H18N2O. The van der Waals surface area contributed by atoms with Gasteiger partial charge in [0.15, 0.2) is 5.58 Å². The van der Waals surface area contributed by atoms with E-state index in [0.717, 1.165) is 33.5 Å². The van der Waals surface area contributed by atoms with Gasteiger partial charge in [0.1, 0.15) is 5.69 Å². The van der Waals surface area contributed by atoms with Crippen LogP contribution in [0.4, 0.5) is 5.69 Å². The average Bonchev–Trinajstić information content (AvgIpc) is 2.84. The Kier molecular flexibility index (Phi) is 2.97. The van der Waals surface area contributed by atoms with Gasteiger partial charge in [-0.1, -0.05) is 37.2 Å². The molecule has 3 nitrogen and oxygen atoms in total. The molecule has 3 aromatic rings. The van der Waals surface area contributed by atoms with Gasteiger partial charge in [0.05, 0.1) is 0 Å². The average molecular weight is 266 g/mol. The molecule has 3 heteroatoms. The summed E-state index contributed by atoms with van der Waals surface area (Å²) in [5.74, 6) is 0.477. The predicted molar refractivity (Wildman–Crippen MR) is 82.7 cm³/mol. The smallest absolute Gasteiger partial charge is 0.167 e. The zero-order valence-corrected chi connectivity index (χ0v) is 12.0. The molecule has 0 aliphatic heterocycles. The topological polar surface area (TPSA) is 52.0 Å². The van der Waals surface area contributed by atoms with Crippen molar-refractivity contribution in [1.82, 2.24) is 5.16 Å². The van der Waals surface area contributed by atoms with Crippen molar-refractivity contribution in [2.45, 2.75) is 26.7 Å². The lowest BCUT2D eigenvalue weighted by atomic mass is 9.99. The molecule has 0 radical (unpaired) electrons. The molecule has 0 aliphatic rings. The summed E-state index contributed by atoms with van der Waals surface area (Å²) in [5, 5.41) is 5.25. The third kappa shape index (κ3) is 2.05. The van der Waals surface area contributed by atoms with Gasteiger partial charge in [-0.2, -0.15) is 0 Å². The molecule has 102 valence electrons. The quantitative estimate of drug-likeness (QED) is 0.694. The summed E-state index contributed by atoms with van der Waals surface area (Å²) in [6.07, 6.45) is 0. The van der Waals surface area contributed by atoms with Crippen molar-refractivity contribution in [2.75, 3.05) is 5.73 Å². The SMILES string of the molecule is Cc1ccc(-c2noc3ccc(C(C)C)cc23)cc1N. The highest BCUT2D eigenvalue weighted by molar-refractivity contribution is 5.92. The summed E-state index contributed by atoms with van der Waals surface area (Å²) < 4.78 is 5.42. The highest BCUT2D eigenvalue weighted by atomic mass is 16.5. The molecule has 1 aromatic heterocycles. The van der Waals surface area contributed by atoms with Gasteiger partial charge in [0.2, 0.25) is 0 Å². The largest absolute Gasteiger partial charge is 0.398 e. The summed E-state index contributed by atoms with van der Waals surface area (Å²) in [5.41, 5.74) is 11.8. The van der Waals surface area contributed by atoms with E-state index in [9.17, 15) is 0 Å². The molecule has 1 heterocycles. The van der Waals surface area contributed by atoms with Gasteiger partial charge in [-0.15, -0.1) is 0 Å². The van der Waals surface area contributed by atoms with Gasteiger partial charge in [-0.05, 0) is 42.2 Å². The molecule has 0 bridgehead atoms. The van der Waals surface area contributed by atoms with Crippen molar-refractivity contribution in [3.05, 3.63) is 47.5 Å².